The normalized spacial score (nSPS) is 13.0. The first-order chi connectivity index (χ1) is 10.1. The van der Waals surface area contributed by atoms with E-state index >= 15 is 0 Å². The Labute approximate surface area is 124 Å². The van der Waals surface area contributed by atoms with E-state index in [9.17, 15) is 9.59 Å². The van der Waals surface area contributed by atoms with Gasteiger partial charge in [-0.1, -0.05) is 0 Å². The maximum absolute atomic E-state index is 12.3. The van der Waals surface area contributed by atoms with Crippen LogP contribution in [0, 0.1) is 0 Å². The van der Waals surface area contributed by atoms with Gasteiger partial charge in [-0.2, -0.15) is 5.10 Å². The van der Waals surface area contributed by atoms with Crippen molar-refractivity contribution in [2.24, 2.45) is 0 Å². The van der Waals surface area contributed by atoms with E-state index in [2.05, 4.69) is 15.5 Å². The first-order valence-corrected chi connectivity index (χ1v) is 7.20. The molecule has 7 heteroatoms. The van der Waals surface area contributed by atoms with Crippen LogP contribution in [0.5, 0.6) is 0 Å². The predicted octanol–water partition coefficient (Wildman–Crippen LogP) is 0.123. The van der Waals surface area contributed by atoms with E-state index in [1.807, 2.05) is 0 Å². The summed E-state index contributed by atoms with van der Waals surface area (Å²) in [5.74, 6) is -0.379. The lowest BCUT2D eigenvalue weighted by atomic mass is 10.2. The summed E-state index contributed by atoms with van der Waals surface area (Å²) in [5.41, 5.74) is 2.51. The van der Waals surface area contributed by atoms with Gasteiger partial charge in [0, 0.05) is 38.6 Å². The molecule has 0 bridgehead atoms. The third-order valence-electron chi connectivity index (χ3n) is 3.58. The predicted molar refractivity (Wildman–Crippen MR) is 77.1 cm³/mol. The summed E-state index contributed by atoms with van der Waals surface area (Å²) >= 11 is 0. The molecule has 0 aliphatic heterocycles. The Hall–Kier alpha value is -1.89. The second-order valence-corrected chi connectivity index (χ2v) is 5.24. The fourth-order valence-corrected chi connectivity index (χ4v) is 2.46. The number of likely N-dealkylation sites (N-methyl/N-ethyl adjacent to an activating group) is 1. The third kappa shape index (κ3) is 3.81. The highest BCUT2D eigenvalue weighted by Crippen LogP contribution is 2.23. The van der Waals surface area contributed by atoms with Crippen LogP contribution in [0.15, 0.2) is 0 Å². The number of carbonyl (C=O) groups excluding carboxylic acids is 2. The Balaban J connectivity index is 1.83. The molecule has 7 nitrogen and oxygen atoms in total. The van der Waals surface area contributed by atoms with Gasteiger partial charge in [0.05, 0.1) is 6.54 Å². The van der Waals surface area contributed by atoms with E-state index in [1.165, 1.54) is 4.90 Å². The molecule has 1 aromatic rings. The van der Waals surface area contributed by atoms with Crippen LogP contribution in [0.25, 0.3) is 0 Å². The first kappa shape index (κ1) is 15.5. The van der Waals surface area contributed by atoms with Crippen LogP contribution in [0.3, 0.4) is 0 Å². The summed E-state index contributed by atoms with van der Waals surface area (Å²) in [4.78, 5) is 25.5. The minimum atomic E-state index is -0.207. The number of hydrogen-bond acceptors (Lipinski definition) is 4. The van der Waals surface area contributed by atoms with Gasteiger partial charge in [-0.05, 0) is 25.7 Å². The molecule has 2 rings (SSSR count). The number of rotatable bonds is 7. The number of carbonyl (C=O) groups is 2. The van der Waals surface area contributed by atoms with Gasteiger partial charge in [0.15, 0.2) is 5.69 Å². The van der Waals surface area contributed by atoms with Crippen molar-refractivity contribution in [3.8, 4) is 0 Å². The lowest BCUT2D eigenvalue weighted by molar-refractivity contribution is -0.121. The van der Waals surface area contributed by atoms with Crippen molar-refractivity contribution < 1.29 is 14.3 Å². The minimum Gasteiger partial charge on any atom is -0.385 e. The molecule has 1 aromatic heterocycles. The molecule has 0 unspecified atom stereocenters. The van der Waals surface area contributed by atoms with Crippen molar-refractivity contribution in [1.29, 1.82) is 0 Å². The SMILES string of the molecule is COCCCNC(=O)CN(C)C(=O)c1n[nH]c2c1CCC2. The lowest BCUT2D eigenvalue weighted by Crippen LogP contribution is -2.39. The molecular weight excluding hydrogens is 272 g/mol. The molecule has 1 aliphatic carbocycles. The van der Waals surface area contributed by atoms with E-state index in [0.29, 0.717) is 18.8 Å². The molecule has 0 radical (unpaired) electrons. The summed E-state index contributed by atoms with van der Waals surface area (Å²) in [6.45, 7) is 1.19. The van der Waals surface area contributed by atoms with Crippen molar-refractivity contribution in [2.75, 3.05) is 33.9 Å². The topological polar surface area (TPSA) is 87.3 Å². The van der Waals surface area contributed by atoms with Crippen molar-refractivity contribution in [3.63, 3.8) is 0 Å². The van der Waals surface area contributed by atoms with Gasteiger partial charge in [-0.25, -0.2) is 0 Å². The Morgan fingerprint density at radius 1 is 1.43 bits per heavy atom. The quantitative estimate of drug-likeness (QED) is 0.699. The van der Waals surface area contributed by atoms with Crippen LogP contribution in [0.4, 0.5) is 0 Å². The molecule has 1 aliphatic rings. The van der Waals surface area contributed by atoms with Crippen LogP contribution in [-0.4, -0.2) is 60.8 Å². The Morgan fingerprint density at radius 3 is 3.00 bits per heavy atom. The van der Waals surface area contributed by atoms with Gasteiger partial charge in [0.2, 0.25) is 5.91 Å². The molecule has 0 aromatic carbocycles. The fourth-order valence-electron chi connectivity index (χ4n) is 2.46. The van der Waals surface area contributed by atoms with Crippen molar-refractivity contribution in [3.05, 3.63) is 17.0 Å². The molecule has 116 valence electrons. The number of aryl methyl sites for hydroxylation is 1. The van der Waals surface area contributed by atoms with Crippen LogP contribution in [-0.2, 0) is 22.4 Å². The Morgan fingerprint density at radius 2 is 2.24 bits per heavy atom. The van der Waals surface area contributed by atoms with Crippen molar-refractivity contribution >= 4 is 11.8 Å². The fraction of sp³-hybridized carbons (Fsp3) is 0.643. The second-order valence-electron chi connectivity index (χ2n) is 5.24. The van der Waals surface area contributed by atoms with E-state index < -0.39 is 0 Å². The van der Waals surface area contributed by atoms with E-state index in [-0.39, 0.29) is 18.4 Å². The van der Waals surface area contributed by atoms with Gasteiger partial charge in [0.25, 0.3) is 5.91 Å². The molecule has 0 saturated carbocycles. The molecule has 2 N–H and O–H groups in total. The number of fused-ring (bicyclic) bond motifs is 1. The number of aromatic nitrogens is 2. The Kier molecular flexibility index (Phi) is 5.32. The van der Waals surface area contributed by atoms with E-state index in [1.54, 1.807) is 14.2 Å². The number of nitrogens with zero attached hydrogens (tertiary/aromatic N) is 2. The summed E-state index contributed by atoms with van der Waals surface area (Å²) in [5, 5.41) is 9.76. The van der Waals surface area contributed by atoms with Crippen LogP contribution < -0.4 is 5.32 Å². The smallest absolute Gasteiger partial charge is 0.274 e. The zero-order chi connectivity index (χ0) is 15.2. The number of aromatic amines is 1. The van der Waals surface area contributed by atoms with Gasteiger partial charge < -0.3 is 15.0 Å². The van der Waals surface area contributed by atoms with E-state index in [0.717, 1.165) is 36.9 Å². The average Bonchev–Trinajstić information content (AvgIpc) is 3.05. The number of hydrogen-bond donors (Lipinski definition) is 2. The summed E-state index contributed by atoms with van der Waals surface area (Å²) in [6, 6.07) is 0. The van der Waals surface area contributed by atoms with Crippen molar-refractivity contribution in [1.82, 2.24) is 20.4 Å². The van der Waals surface area contributed by atoms with Gasteiger partial charge in [-0.3, -0.25) is 14.7 Å². The number of ether oxygens (including phenoxy) is 1. The maximum Gasteiger partial charge on any atom is 0.274 e. The monoisotopic (exact) mass is 294 g/mol. The van der Waals surface area contributed by atoms with Gasteiger partial charge in [0.1, 0.15) is 0 Å². The highest BCUT2D eigenvalue weighted by atomic mass is 16.5. The molecular formula is C14H22N4O3. The van der Waals surface area contributed by atoms with Gasteiger partial charge in [-0.15, -0.1) is 0 Å². The number of amides is 2. The van der Waals surface area contributed by atoms with Gasteiger partial charge >= 0.3 is 0 Å². The molecule has 0 fully saturated rings. The Bertz CT molecular complexity index is 512. The van der Waals surface area contributed by atoms with Crippen LogP contribution in [0.2, 0.25) is 0 Å². The highest BCUT2D eigenvalue weighted by molar-refractivity contribution is 5.96. The molecule has 0 atom stereocenters. The summed E-state index contributed by atoms with van der Waals surface area (Å²) in [7, 11) is 3.24. The molecule has 0 saturated heterocycles. The highest BCUT2D eigenvalue weighted by Gasteiger charge is 2.25. The summed E-state index contributed by atoms with van der Waals surface area (Å²) < 4.78 is 4.91. The lowest BCUT2D eigenvalue weighted by Gasteiger charge is -2.16. The zero-order valence-electron chi connectivity index (χ0n) is 12.6. The molecule has 21 heavy (non-hydrogen) atoms. The maximum atomic E-state index is 12.3. The number of methoxy groups -OCH3 is 1. The molecule has 0 spiro atoms. The summed E-state index contributed by atoms with van der Waals surface area (Å²) in [6.07, 6.45) is 3.63. The number of nitrogens with one attached hydrogen (secondary N) is 2. The molecule has 2 amide bonds. The standard InChI is InChI=1S/C14H22N4O3/c1-18(9-12(19)15-7-4-8-21-2)14(20)13-10-5-3-6-11(10)16-17-13/h3-9H2,1-2H3,(H,15,19)(H,16,17). The largest absolute Gasteiger partial charge is 0.385 e. The molecule has 1 heterocycles. The van der Waals surface area contributed by atoms with Crippen molar-refractivity contribution in [2.45, 2.75) is 25.7 Å². The zero-order valence-corrected chi connectivity index (χ0v) is 12.6. The second kappa shape index (κ2) is 7.21. The van der Waals surface area contributed by atoms with E-state index in [4.69, 9.17) is 4.74 Å². The average molecular weight is 294 g/mol. The minimum absolute atomic E-state index is 0.0352. The first-order valence-electron chi connectivity index (χ1n) is 7.20. The van der Waals surface area contributed by atoms with Crippen LogP contribution >= 0.6 is 0 Å². The number of H-pyrrole nitrogens is 1. The third-order valence-corrected chi connectivity index (χ3v) is 3.58. The van der Waals surface area contributed by atoms with Crippen LogP contribution in [0.1, 0.15) is 34.6 Å².